The summed E-state index contributed by atoms with van der Waals surface area (Å²) in [6.45, 7) is 0.123. The van der Waals surface area contributed by atoms with Crippen LogP contribution < -0.4 is 0 Å². The topological polar surface area (TPSA) is 20.2 Å². The van der Waals surface area contributed by atoms with Crippen molar-refractivity contribution in [2.24, 2.45) is 0 Å². The first-order chi connectivity index (χ1) is 9.36. The Balaban J connectivity index is 1.64. The van der Waals surface area contributed by atoms with E-state index in [0.717, 1.165) is 11.3 Å². The molecule has 2 aromatic carbocycles. The highest BCUT2D eigenvalue weighted by Gasteiger charge is 2.22. The molecule has 1 unspecified atom stereocenters. The molecule has 2 aromatic rings. The third kappa shape index (κ3) is 2.99. The van der Waals surface area contributed by atoms with Crippen molar-refractivity contribution in [3.05, 3.63) is 59.7 Å². The average Bonchev–Trinajstić information content (AvgIpc) is 2.89. The molecule has 0 aliphatic carbocycles. The minimum Gasteiger partial charge on any atom is -0.392 e. The largest absolute Gasteiger partial charge is 0.392 e. The Morgan fingerprint density at radius 2 is 1.89 bits per heavy atom. The molecule has 0 saturated carbocycles. The molecular weight excluding hydrogens is 272 g/mol. The van der Waals surface area contributed by atoms with Crippen molar-refractivity contribution in [3.63, 3.8) is 0 Å². The number of hydrogen-bond donors (Lipinski definition) is 1. The predicted octanol–water partition coefficient (Wildman–Crippen LogP) is 4.16. The second-order valence-electron chi connectivity index (χ2n) is 4.66. The molecular formula is C16H16OS2. The highest BCUT2D eigenvalue weighted by molar-refractivity contribution is 8.00. The molecule has 3 rings (SSSR count). The van der Waals surface area contributed by atoms with Gasteiger partial charge in [0.05, 0.1) is 6.61 Å². The Hall–Kier alpha value is -0.900. The van der Waals surface area contributed by atoms with E-state index in [1.165, 1.54) is 21.1 Å². The van der Waals surface area contributed by atoms with Crippen LogP contribution >= 0.6 is 23.5 Å². The van der Waals surface area contributed by atoms with Gasteiger partial charge in [-0.3, -0.25) is 0 Å². The summed E-state index contributed by atoms with van der Waals surface area (Å²) in [7, 11) is 0. The van der Waals surface area contributed by atoms with E-state index in [9.17, 15) is 0 Å². The number of hydrogen-bond acceptors (Lipinski definition) is 3. The van der Waals surface area contributed by atoms with Gasteiger partial charge in [0, 0.05) is 27.2 Å². The molecule has 0 spiro atoms. The van der Waals surface area contributed by atoms with Crippen LogP contribution in [0.25, 0.3) is 0 Å². The zero-order valence-corrected chi connectivity index (χ0v) is 12.2. The maximum absolute atomic E-state index is 9.03. The molecule has 1 nitrogen and oxygen atoms in total. The SMILES string of the molecule is OCc1ccc(SCC2CSc3ccccc32)cc1. The number of fused-ring (bicyclic) bond motifs is 1. The molecule has 3 heteroatoms. The number of aliphatic hydroxyl groups is 1. The summed E-state index contributed by atoms with van der Waals surface area (Å²) in [5.74, 6) is 2.98. The third-order valence-electron chi connectivity index (χ3n) is 3.36. The van der Waals surface area contributed by atoms with E-state index >= 15 is 0 Å². The van der Waals surface area contributed by atoms with E-state index in [-0.39, 0.29) is 6.61 Å². The first-order valence-electron chi connectivity index (χ1n) is 6.41. The lowest BCUT2D eigenvalue weighted by Gasteiger charge is -2.10. The highest BCUT2D eigenvalue weighted by atomic mass is 32.2. The molecule has 1 atom stereocenters. The Labute approximate surface area is 122 Å². The fourth-order valence-electron chi connectivity index (χ4n) is 2.26. The number of thioether (sulfide) groups is 2. The van der Waals surface area contributed by atoms with Gasteiger partial charge in [0.25, 0.3) is 0 Å². The van der Waals surface area contributed by atoms with Crippen LogP contribution in [0.15, 0.2) is 58.3 Å². The first kappa shape index (κ1) is 13.1. The van der Waals surface area contributed by atoms with Crippen LogP contribution in [0.2, 0.25) is 0 Å². The van der Waals surface area contributed by atoms with E-state index in [1.807, 2.05) is 35.7 Å². The number of rotatable bonds is 4. The molecule has 1 aliphatic heterocycles. The molecule has 1 heterocycles. The second kappa shape index (κ2) is 6.04. The van der Waals surface area contributed by atoms with Crippen LogP contribution in [-0.2, 0) is 6.61 Å². The van der Waals surface area contributed by atoms with Crippen LogP contribution in [0.5, 0.6) is 0 Å². The van der Waals surface area contributed by atoms with E-state index in [1.54, 1.807) is 0 Å². The zero-order valence-electron chi connectivity index (χ0n) is 10.6. The fraction of sp³-hybridized carbons (Fsp3) is 0.250. The maximum atomic E-state index is 9.03. The lowest BCUT2D eigenvalue weighted by molar-refractivity contribution is 0.282. The first-order valence-corrected chi connectivity index (χ1v) is 8.38. The molecule has 0 saturated heterocycles. The molecule has 19 heavy (non-hydrogen) atoms. The van der Waals surface area contributed by atoms with Gasteiger partial charge >= 0.3 is 0 Å². The van der Waals surface area contributed by atoms with E-state index in [0.29, 0.717) is 5.92 Å². The summed E-state index contributed by atoms with van der Waals surface area (Å²) in [6.07, 6.45) is 0. The van der Waals surface area contributed by atoms with Crippen molar-refractivity contribution in [2.75, 3.05) is 11.5 Å². The molecule has 0 fully saturated rings. The highest BCUT2D eigenvalue weighted by Crippen LogP contribution is 2.41. The summed E-state index contributed by atoms with van der Waals surface area (Å²) in [5, 5.41) is 9.03. The quantitative estimate of drug-likeness (QED) is 0.853. The summed E-state index contributed by atoms with van der Waals surface area (Å²) in [6, 6.07) is 16.9. The Bertz CT molecular complexity index is 551. The summed E-state index contributed by atoms with van der Waals surface area (Å²) in [5.41, 5.74) is 2.48. The van der Waals surface area contributed by atoms with Gasteiger partial charge in [0.2, 0.25) is 0 Å². The van der Waals surface area contributed by atoms with E-state index in [2.05, 4.69) is 36.4 Å². The third-order valence-corrected chi connectivity index (χ3v) is 5.78. The number of aliphatic hydroxyl groups excluding tert-OH is 1. The standard InChI is InChI=1S/C16H16OS2/c17-9-12-5-7-14(8-6-12)18-10-13-11-19-16-4-2-1-3-15(13)16/h1-8,13,17H,9-11H2. The van der Waals surface area contributed by atoms with Gasteiger partial charge in [-0.2, -0.15) is 0 Å². The smallest absolute Gasteiger partial charge is 0.0681 e. The fourth-order valence-corrected chi connectivity index (χ4v) is 4.68. The molecule has 0 aromatic heterocycles. The zero-order chi connectivity index (χ0) is 13.1. The molecule has 1 N–H and O–H groups in total. The Morgan fingerprint density at radius 3 is 2.68 bits per heavy atom. The van der Waals surface area contributed by atoms with Crippen molar-refractivity contribution in [3.8, 4) is 0 Å². The van der Waals surface area contributed by atoms with Gasteiger partial charge in [-0.25, -0.2) is 0 Å². The van der Waals surface area contributed by atoms with Crippen molar-refractivity contribution < 1.29 is 5.11 Å². The van der Waals surface area contributed by atoms with E-state index < -0.39 is 0 Å². The van der Waals surface area contributed by atoms with Gasteiger partial charge in [0.15, 0.2) is 0 Å². The van der Waals surface area contributed by atoms with Crippen LogP contribution in [0.4, 0.5) is 0 Å². The lowest BCUT2D eigenvalue weighted by Crippen LogP contribution is -1.99. The average molecular weight is 288 g/mol. The van der Waals surface area contributed by atoms with Gasteiger partial charge in [-0.15, -0.1) is 23.5 Å². The van der Waals surface area contributed by atoms with Gasteiger partial charge in [-0.1, -0.05) is 30.3 Å². The summed E-state index contributed by atoms with van der Waals surface area (Å²) in [4.78, 5) is 2.73. The van der Waals surface area contributed by atoms with Gasteiger partial charge in [0.1, 0.15) is 0 Å². The van der Waals surface area contributed by atoms with Crippen molar-refractivity contribution in [1.82, 2.24) is 0 Å². The van der Waals surface area contributed by atoms with Crippen molar-refractivity contribution in [2.45, 2.75) is 22.3 Å². The van der Waals surface area contributed by atoms with Crippen LogP contribution in [0.3, 0.4) is 0 Å². The normalized spacial score (nSPS) is 17.4. The summed E-state index contributed by atoms with van der Waals surface area (Å²) < 4.78 is 0. The van der Waals surface area contributed by atoms with Gasteiger partial charge in [-0.05, 0) is 29.3 Å². The molecule has 0 bridgehead atoms. The molecule has 0 amide bonds. The van der Waals surface area contributed by atoms with Crippen LogP contribution in [0.1, 0.15) is 17.0 Å². The molecule has 98 valence electrons. The molecule has 1 aliphatic rings. The predicted molar refractivity (Wildman–Crippen MR) is 83.0 cm³/mol. The lowest BCUT2D eigenvalue weighted by atomic mass is 10.0. The van der Waals surface area contributed by atoms with E-state index in [4.69, 9.17) is 5.11 Å². The number of benzene rings is 2. The summed E-state index contributed by atoms with van der Waals surface area (Å²) >= 11 is 3.88. The van der Waals surface area contributed by atoms with Crippen molar-refractivity contribution >= 4 is 23.5 Å². The van der Waals surface area contributed by atoms with Crippen LogP contribution in [-0.4, -0.2) is 16.6 Å². The monoisotopic (exact) mass is 288 g/mol. The second-order valence-corrected chi connectivity index (χ2v) is 6.81. The minimum absolute atomic E-state index is 0.123. The molecule has 0 radical (unpaired) electrons. The van der Waals surface area contributed by atoms with Crippen molar-refractivity contribution in [1.29, 1.82) is 0 Å². The van der Waals surface area contributed by atoms with Crippen LogP contribution in [0, 0.1) is 0 Å². The van der Waals surface area contributed by atoms with Gasteiger partial charge < -0.3 is 5.11 Å². The maximum Gasteiger partial charge on any atom is 0.0681 e. The Morgan fingerprint density at radius 1 is 1.11 bits per heavy atom. The Kier molecular flexibility index (Phi) is 4.16. The minimum atomic E-state index is 0.123.